The number of hydrogen-bond acceptors (Lipinski definition) is 8. The molecule has 1 saturated heterocycles. The second kappa shape index (κ2) is 7.71. The Morgan fingerprint density at radius 3 is 2.36 bits per heavy atom. The fourth-order valence-electron chi connectivity index (χ4n) is 3.04. The van der Waals surface area contributed by atoms with Crippen LogP contribution in [-0.2, 0) is 9.47 Å². The zero-order valence-electron chi connectivity index (χ0n) is 16.5. The van der Waals surface area contributed by atoms with Gasteiger partial charge in [0, 0.05) is 26.2 Å². The van der Waals surface area contributed by atoms with Crippen LogP contribution in [0.25, 0.3) is 10.2 Å². The molecule has 0 aromatic carbocycles. The number of fused-ring (bicyclic) bond motifs is 1. The predicted octanol–water partition coefficient (Wildman–Crippen LogP) is 3.50. The lowest BCUT2D eigenvalue weighted by molar-refractivity contribution is 0.0240. The van der Waals surface area contributed by atoms with E-state index in [1.165, 1.54) is 18.4 Å². The number of methoxy groups -OCH3 is 1. The number of nitrogens with zero attached hydrogens (tertiary/aromatic N) is 4. The number of piperazine rings is 1. The molecule has 0 saturated carbocycles. The SMILES string of the molecule is COC(=O)c1sc2nc(Cl)nc(N3CCN(C(=O)OC(C)(C)C)CC3)c2c1C. The average Bonchev–Trinajstić information content (AvgIpc) is 2.95. The summed E-state index contributed by atoms with van der Waals surface area (Å²) in [5, 5.41) is 0.912. The lowest BCUT2D eigenvalue weighted by atomic mass is 10.2. The Bertz CT molecular complexity index is 916. The number of esters is 1. The van der Waals surface area contributed by atoms with Crippen molar-refractivity contribution in [2.75, 3.05) is 38.2 Å². The van der Waals surface area contributed by atoms with E-state index in [9.17, 15) is 9.59 Å². The minimum Gasteiger partial charge on any atom is -0.465 e. The standard InChI is InChI=1S/C18H23ClN4O4S/c1-10-11-13(20-16(19)21-14(11)28-12(10)15(24)26-5)22-6-8-23(9-7-22)17(25)27-18(2,3)4/h6-9H2,1-5H3. The van der Waals surface area contributed by atoms with Gasteiger partial charge < -0.3 is 19.3 Å². The maximum atomic E-state index is 12.3. The van der Waals surface area contributed by atoms with E-state index < -0.39 is 11.6 Å². The number of carbonyl (C=O) groups excluding carboxylic acids is 2. The van der Waals surface area contributed by atoms with Crippen LogP contribution in [0.15, 0.2) is 0 Å². The highest BCUT2D eigenvalue weighted by Crippen LogP contribution is 2.36. The number of aryl methyl sites for hydroxylation is 1. The molecule has 0 radical (unpaired) electrons. The molecule has 2 aromatic rings. The molecule has 0 atom stereocenters. The zero-order valence-corrected chi connectivity index (χ0v) is 18.1. The topological polar surface area (TPSA) is 84.9 Å². The normalized spacial score (nSPS) is 15.1. The molecule has 1 fully saturated rings. The first kappa shape index (κ1) is 20.6. The molecule has 2 aromatic heterocycles. The van der Waals surface area contributed by atoms with E-state index in [0.29, 0.717) is 41.7 Å². The Morgan fingerprint density at radius 1 is 1.14 bits per heavy atom. The van der Waals surface area contributed by atoms with Crippen molar-refractivity contribution in [3.05, 3.63) is 15.7 Å². The van der Waals surface area contributed by atoms with Gasteiger partial charge in [-0.25, -0.2) is 14.6 Å². The molecule has 10 heteroatoms. The van der Waals surface area contributed by atoms with Crippen molar-refractivity contribution in [2.24, 2.45) is 0 Å². The van der Waals surface area contributed by atoms with Crippen LogP contribution in [0.1, 0.15) is 36.0 Å². The van der Waals surface area contributed by atoms with Crippen LogP contribution < -0.4 is 4.90 Å². The molecule has 152 valence electrons. The van der Waals surface area contributed by atoms with Gasteiger partial charge >= 0.3 is 12.1 Å². The molecule has 8 nitrogen and oxygen atoms in total. The maximum absolute atomic E-state index is 12.3. The summed E-state index contributed by atoms with van der Waals surface area (Å²) in [6, 6.07) is 0. The molecule has 3 heterocycles. The number of thiophene rings is 1. The minimum atomic E-state index is -0.529. The number of halogens is 1. The van der Waals surface area contributed by atoms with Crippen molar-refractivity contribution < 1.29 is 19.1 Å². The fourth-order valence-corrected chi connectivity index (χ4v) is 4.34. The third-order valence-corrected chi connectivity index (χ3v) is 5.68. The van der Waals surface area contributed by atoms with Crippen molar-refractivity contribution in [2.45, 2.75) is 33.3 Å². The van der Waals surface area contributed by atoms with Gasteiger partial charge in [-0.3, -0.25) is 0 Å². The third kappa shape index (κ3) is 4.15. The van der Waals surface area contributed by atoms with Gasteiger partial charge in [-0.15, -0.1) is 11.3 Å². The first-order chi connectivity index (χ1) is 13.1. The van der Waals surface area contributed by atoms with Crippen LogP contribution in [0.5, 0.6) is 0 Å². The number of aromatic nitrogens is 2. The summed E-state index contributed by atoms with van der Waals surface area (Å²) in [6.07, 6.45) is -0.322. The molecule has 0 N–H and O–H groups in total. The van der Waals surface area contributed by atoms with Crippen molar-refractivity contribution in [1.82, 2.24) is 14.9 Å². The largest absolute Gasteiger partial charge is 0.465 e. The lowest BCUT2D eigenvalue weighted by Gasteiger charge is -2.36. The molecule has 1 amide bonds. The molecule has 0 bridgehead atoms. The molecular weight excluding hydrogens is 404 g/mol. The number of ether oxygens (including phenoxy) is 2. The summed E-state index contributed by atoms with van der Waals surface area (Å²) in [5.74, 6) is 0.264. The maximum Gasteiger partial charge on any atom is 0.410 e. The minimum absolute atomic E-state index is 0.120. The first-order valence-electron chi connectivity index (χ1n) is 8.88. The monoisotopic (exact) mass is 426 g/mol. The second-order valence-corrected chi connectivity index (χ2v) is 8.84. The summed E-state index contributed by atoms with van der Waals surface area (Å²) >= 11 is 7.37. The third-order valence-electron chi connectivity index (χ3n) is 4.35. The van der Waals surface area contributed by atoms with Crippen LogP contribution in [-0.4, -0.2) is 65.8 Å². The molecule has 0 aliphatic carbocycles. The Balaban J connectivity index is 1.86. The smallest absolute Gasteiger partial charge is 0.410 e. The van der Waals surface area contributed by atoms with Gasteiger partial charge in [-0.2, -0.15) is 4.98 Å². The van der Waals surface area contributed by atoms with E-state index in [0.717, 1.165) is 10.9 Å². The van der Waals surface area contributed by atoms with Gasteiger partial charge in [0.2, 0.25) is 5.28 Å². The summed E-state index contributed by atoms with van der Waals surface area (Å²) in [4.78, 5) is 37.9. The van der Waals surface area contributed by atoms with Gasteiger partial charge in [-0.1, -0.05) is 0 Å². The van der Waals surface area contributed by atoms with Gasteiger partial charge in [0.15, 0.2) is 0 Å². The average molecular weight is 427 g/mol. The Labute approximate surface area is 172 Å². The molecule has 28 heavy (non-hydrogen) atoms. The highest BCUT2D eigenvalue weighted by molar-refractivity contribution is 7.20. The molecule has 0 spiro atoms. The summed E-state index contributed by atoms with van der Waals surface area (Å²) < 4.78 is 10.3. The van der Waals surface area contributed by atoms with E-state index in [4.69, 9.17) is 21.1 Å². The Morgan fingerprint density at radius 2 is 1.79 bits per heavy atom. The quantitative estimate of drug-likeness (QED) is 0.536. The van der Waals surface area contributed by atoms with Crippen molar-refractivity contribution in [1.29, 1.82) is 0 Å². The highest BCUT2D eigenvalue weighted by Gasteiger charge is 2.29. The van der Waals surface area contributed by atoms with Crippen LogP contribution in [0.2, 0.25) is 5.28 Å². The number of amides is 1. The first-order valence-corrected chi connectivity index (χ1v) is 10.1. The van der Waals surface area contributed by atoms with Crippen molar-refractivity contribution >= 4 is 51.0 Å². The number of rotatable bonds is 2. The molecule has 0 unspecified atom stereocenters. The second-order valence-electron chi connectivity index (χ2n) is 7.50. The molecule has 3 rings (SSSR count). The van der Waals surface area contributed by atoms with Gasteiger partial charge in [0.25, 0.3) is 0 Å². The number of hydrogen-bond donors (Lipinski definition) is 0. The van der Waals surface area contributed by atoms with Crippen molar-refractivity contribution in [3.63, 3.8) is 0 Å². The fraction of sp³-hybridized carbons (Fsp3) is 0.556. The zero-order chi connectivity index (χ0) is 20.6. The van der Waals surface area contributed by atoms with E-state index >= 15 is 0 Å². The highest BCUT2D eigenvalue weighted by atomic mass is 35.5. The van der Waals surface area contributed by atoms with E-state index in [2.05, 4.69) is 14.9 Å². The van der Waals surface area contributed by atoms with Gasteiger partial charge in [-0.05, 0) is 44.9 Å². The summed E-state index contributed by atoms with van der Waals surface area (Å²) in [7, 11) is 1.35. The van der Waals surface area contributed by atoms with E-state index in [-0.39, 0.29) is 11.4 Å². The van der Waals surface area contributed by atoms with E-state index in [1.54, 1.807) is 4.90 Å². The van der Waals surface area contributed by atoms with Crippen LogP contribution in [0.3, 0.4) is 0 Å². The molecular formula is C18H23ClN4O4S. The Hall–Kier alpha value is -2.13. The molecule has 1 aliphatic heterocycles. The lowest BCUT2D eigenvalue weighted by Crippen LogP contribution is -2.50. The van der Waals surface area contributed by atoms with E-state index in [1.807, 2.05) is 27.7 Å². The van der Waals surface area contributed by atoms with Gasteiger partial charge in [0.1, 0.15) is 21.1 Å². The summed E-state index contributed by atoms with van der Waals surface area (Å²) in [6.45, 7) is 9.55. The van der Waals surface area contributed by atoms with Crippen molar-refractivity contribution in [3.8, 4) is 0 Å². The number of anilines is 1. The number of carbonyl (C=O) groups is 2. The predicted molar refractivity (Wildman–Crippen MR) is 109 cm³/mol. The van der Waals surface area contributed by atoms with Crippen LogP contribution in [0, 0.1) is 6.92 Å². The van der Waals surface area contributed by atoms with Gasteiger partial charge in [0.05, 0.1) is 12.5 Å². The Kier molecular flexibility index (Phi) is 5.67. The van der Waals surface area contributed by atoms with Crippen LogP contribution in [0.4, 0.5) is 10.6 Å². The summed E-state index contributed by atoms with van der Waals surface area (Å²) in [5.41, 5.74) is 0.242. The molecule has 1 aliphatic rings. The van der Waals surface area contributed by atoms with Crippen LogP contribution >= 0.6 is 22.9 Å².